The van der Waals surface area contributed by atoms with Crippen LogP contribution in [-0.4, -0.2) is 33.8 Å². The van der Waals surface area contributed by atoms with Gasteiger partial charge in [0, 0.05) is 19.6 Å². The molecular formula is C18H29IN6. The number of aliphatic imine (C=N–C) groups is 1. The van der Waals surface area contributed by atoms with E-state index in [-0.39, 0.29) is 24.0 Å². The van der Waals surface area contributed by atoms with Crippen molar-refractivity contribution >= 4 is 29.9 Å². The van der Waals surface area contributed by atoms with Crippen molar-refractivity contribution in [3.05, 3.63) is 47.0 Å². The second kappa shape index (κ2) is 11.1. The lowest BCUT2D eigenvalue weighted by Gasteiger charge is -2.12. The van der Waals surface area contributed by atoms with Gasteiger partial charge in [0.2, 0.25) is 0 Å². The molecule has 0 fully saturated rings. The molecule has 0 atom stereocenters. The summed E-state index contributed by atoms with van der Waals surface area (Å²) in [4.78, 5) is 4.60. The molecule has 138 valence electrons. The Morgan fingerprint density at radius 3 is 2.48 bits per heavy atom. The van der Waals surface area contributed by atoms with E-state index in [0.717, 1.165) is 37.8 Å². The van der Waals surface area contributed by atoms with Gasteiger partial charge in [0.15, 0.2) is 11.8 Å². The summed E-state index contributed by atoms with van der Waals surface area (Å²) in [5, 5.41) is 14.7. The first-order chi connectivity index (χ1) is 11.6. The third-order valence-corrected chi connectivity index (χ3v) is 3.75. The molecule has 0 saturated carbocycles. The van der Waals surface area contributed by atoms with Crippen molar-refractivity contribution in [2.75, 3.05) is 13.1 Å². The molecular weight excluding hydrogens is 427 g/mol. The first-order valence-electron chi connectivity index (χ1n) is 8.58. The number of benzene rings is 1. The van der Waals surface area contributed by atoms with E-state index in [2.05, 4.69) is 71.7 Å². The lowest BCUT2D eigenvalue weighted by Crippen LogP contribution is -2.38. The maximum atomic E-state index is 4.60. The highest BCUT2D eigenvalue weighted by molar-refractivity contribution is 14.0. The summed E-state index contributed by atoms with van der Waals surface area (Å²) in [5.74, 6) is 1.69. The summed E-state index contributed by atoms with van der Waals surface area (Å²) in [6.45, 7) is 11.5. The third-order valence-electron chi connectivity index (χ3n) is 3.75. The first-order valence-corrected chi connectivity index (χ1v) is 8.58. The molecule has 25 heavy (non-hydrogen) atoms. The average molecular weight is 456 g/mol. The number of guanidine groups is 1. The van der Waals surface area contributed by atoms with Gasteiger partial charge < -0.3 is 15.2 Å². The van der Waals surface area contributed by atoms with E-state index in [4.69, 9.17) is 0 Å². The quantitative estimate of drug-likeness (QED) is 0.382. The third kappa shape index (κ3) is 7.01. The molecule has 1 aromatic heterocycles. The Labute approximate surface area is 167 Å². The van der Waals surface area contributed by atoms with E-state index < -0.39 is 0 Å². The fourth-order valence-corrected chi connectivity index (χ4v) is 2.70. The molecule has 0 aliphatic carbocycles. The molecule has 0 radical (unpaired) electrons. The van der Waals surface area contributed by atoms with Crippen LogP contribution in [-0.2, 0) is 19.5 Å². The van der Waals surface area contributed by atoms with Gasteiger partial charge in [-0.15, -0.1) is 34.2 Å². The number of aryl methyl sites for hydroxylation is 3. The Hall–Kier alpha value is -1.64. The Kier molecular flexibility index (Phi) is 9.48. The smallest absolute Gasteiger partial charge is 0.191 e. The normalized spacial score (nSPS) is 11.1. The molecule has 0 unspecified atom stereocenters. The molecule has 0 saturated heterocycles. The highest BCUT2D eigenvalue weighted by Gasteiger charge is 2.03. The Balaban J connectivity index is 0.00000312. The summed E-state index contributed by atoms with van der Waals surface area (Å²) in [7, 11) is 0. The van der Waals surface area contributed by atoms with E-state index in [1.54, 1.807) is 6.33 Å². The largest absolute Gasteiger partial charge is 0.357 e. The maximum absolute atomic E-state index is 4.60. The minimum absolute atomic E-state index is 0. The number of halogens is 1. The van der Waals surface area contributed by atoms with Crippen LogP contribution in [0.15, 0.2) is 29.5 Å². The number of rotatable bonds is 7. The topological polar surface area (TPSA) is 67.1 Å². The molecule has 0 bridgehead atoms. The van der Waals surface area contributed by atoms with Crippen molar-refractivity contribution in [2.24, 2.45) is 4.99 Å². The zero-order valence-electron chi connectivity index (χ0n) is 15.5. The monoisotopic (exact) mass is 456 g/mol. The molecule has 7 heteroatoms. The van der Waals surface area contributed by atoms with Gasteiger partial charge in [0.25, 0.3) is 0 Å². The number of hydrogen-bond donors (Lipinski definition) is 2. The number of nitrogens with zero attached hydrogens (tertiary/aromatic N) is 4. The van der Waals surface area contributed by atoms with Crippen LogP contribution in [0.2, 0.25) is 0 Å². The molecule has 0 spiro atoms. The van der Waals surface area contributed by atoms with Crippen LogP contribution < -0.4 is 10.6 Å². The second-order valence-electron chi connectivity index (χ2n) is 5.90. The van der Waals surface area contributed by atoms with Crippen LogP contribution in [0.4, 0.5) is 0 Å². The highest BCUT2D eigenvalue weighted by Crippen LogP contribution is 2.09. The molecule has 1 aromatic carbocycles. The van der Waals surface area contributed by atoms with E-state index in [1.807, 2.05) is 4.57 Å². The minimum atomic E-state index is 0. The number of aromatic nitrogens is 3. The number of nitrogens with one attached hydrogen (secondary N) is 2. The van der Waals surface area contributed by atoms with Crippen molar-refractivity contribution in [3.63, 3.8) is 0 Å². The van der Waals surface area contributed by atoms with Gasteiger partial charge in [-0.2, -0.15) is 0 Å². The van der Waals surface area contributed by atoms with Crippen LogP contribution in [0, 0.1) is 13.8 Å². The van der Waals surface area contributed by atoms with Crippen molar-refractivity contribution in [3.8, 4) is 0 Å². The standard InChI is InChI=1S/C18H28N6.HI/c1-5-19-18(21-12-17-23-22-13-24(17)6-2)20-8-7-16-10-14(3)9-15(4)11-16;/h9-11,13H,5-8,12H2,1-4H3,(H2,19,20,21);1H. The number of hydrogen-bond acceptors (Lipinski definition) is 3. The van der Waals surface area contributed by atoms with Gasteiger partial charge in [-0.3, -0.25) is 0 Å². The van der Waals surface area contributed by atoms with Crippen LogP contribution in [0.1, 0.15) is 36.4 Å². The van der Waals surface area contributed by atoms with Gasteiger partial charge >= 0.3 is 0 Å². The first kappa shape index (κ1) is 21.4. The van der Waals surface area contributed by atoms with Gasteiger partial charge in [0.05, 0.1) is 0 Å². The predicted octanol–water partition coefficient (Wildman–Crippen LogP) is 2.83. The molecule has 2 N–H and O–H groups in total. The summed E-state index contributed by atoms with van der Waals surface area (Å²) < 4.78 is 2.00. The molecule has 6 nitrogen and oxygen atoms in total. The zero-order valence-corrected chi connectivity index (χ0v) is 17.9. The average Bonchev–Trinajstić information content (AvgIpc) is 2.99. The summed E-state index contributed by atoms with van der Waals surface area (Å²) in [5.41, 5.74) is 3.97. The second-order valence-corrected chi connectivity index (χ2v) is 5.90. The van der Waals surface area contributed by atoms with Gasteiger partial charge in [-0.1, -0.05) is 29.3 Å². The lowest BCUT2D eigenvalue weighted by atomic mass is 10.1. The van der Waals surface area contributed by atoms with Gasteiger partial charge in [-0.25, -0.2) is 4.99 Å². The molecule has 0 aliphatic heterocycles. The summed E-state index contributed by atoms with van der Waals surface area (Å²) in [6, 6.07) is 6.68. The summed E-state index contributed by atoms with van der Waals surface area (Å²) in [6.07, 6.45) is 2.71. The summed E-state index contributed by atoms with van der Waals surface area (Å²) >= 11 is 0. The van der Waals surface area contributed by atoms with E-state index >= 15 is 0 Å². The highest BCUT2D eigenvalue weighted by atomic mass is 127. The molecule has 1 heterocycles. The van der Waals surface area contributed by atoms with Gasteiger partial charge in [0.1, 0.15) is 12.9 Å². The Bertz CT molecular complexity index is 660. The van der Waals surface area contributed by atoms with Crippen molar-refractivity contribution in [1.82, 2.24) is 25.4 Å². The van der Waals surface area contributed by atoms with Crippen LogP contribution in [0.25, 0.3) is 0 Å². The van der Waals surface area contributed by atoms with Crippen LogP contribution in [0.5, 0.6) is 0 Å². The lowest BCUT2D eigenvalue weighted by molar-refractivity contribution is 0.693. The van der Waals surface area contributed by atoms with Crippen molar-refractivity contribution < 1.29 is 0 Å². The predicted molar refractivity (Wildman–Crippen MR) is 114 cm³/mol. The van der Waals surface area contributed by atoms with Crippen LogP contribution in [0.3, 0.4) is 0 Å². The molecule has 0 aliphatic rings. The van der Waals surface area contributed by atoms with Crippen molar-refractivity contribution in [2.45, 2.75) is 47.2 Å². The van der Waals surface area contributed by atoms with Crippen molar-refractivity contribution in [1.29, 1.82) is 0 Å². The van der Waals surface area contributed by atoms with Gasteiger partial charge in [-0.05, 0) is 39.7 Å². The molecule has 0 amide bonds. The Morgan fingerprint density at radius 2 is 1.84 bits per heavy atom. The SMILES string of the molecule is CCNC(=NCc1nncn1CC)NCCc1cc(C)cc(C)c1.I. The van der Waals surface area contributed by atoms with E-state index in [1.165, 1.54) is 16.7 Å². The van der Waals surface area contributed by atoms with E-state index in [0.29, 0.717) is 6.54 Å². The minimum Gasteiger partial charge on any atom is -0.357 e. The Morgan fingerprint density at radius 1 is 1.12 bits per heavy atom. The molecule has 2 rings (SSSR count). The fraction of sp³-hybridized carbons (Fsp3) is 0.500. The zero-order chi connectivity index (χ0) is 17.4. The maximum Gasteiger partial charge on any atom is 0.191 e. The van der Waals surface area contributed by atoms with E-state index in [9.17, 15) is 0 Å². The fourth-order valence-electron chi connectivity index (χ4n) is 2.70. The van der Waals surface area contributed by atoms with Crippen LogP contribution >= 0.6 is 24.0 Å². The molecule has 2 aromatic rings.